The lowest BCUT2D eigenvalue weighted by Crippen LogP contribution is -2.27. The Balaban J connectivity index is 1.60. The second-order valence-corrected chi connectivity index (χ2v) is 6.00. The van der Waals surface area contributed by atoms with E-state index in [1.807, 2.05) is 30.3 Å². The van der Waals surface area contributed by atoms with Gasteiger partial charge >= 0.3 is 0 Å². The van der Waals surface area contributed by atoms with Crippen molar-refractivity contribution in [3.05, 3.63) is 66.4 Å². The average Bonchev–Trinajstić information content (AvgIpc) is 3.18. The van der Waals surface area contributed by atoms with Crippen LogP contribution in [0.1, 0.15) is 10.5 Å². The number of likely N-dealkylation sites (N-methyl/N-ethyl adjacent to an activating group) is 1. The highest BCUT2D eigenvalue weighted by Crippen LogP contribution is 2.21. The van der Waals surface area contributed by atoms with Crippen LogP contribution >= 0.6 is 0 Å². The number of ether oxygens (including phenoxy) is 1. The number of nitrogens with zero attached hydrogens (tertiary/aromatic N) is 2. The zero-order valence-electron chi connectivity index (χ0n) is 15.0. The van der Waals surface area contributed by atoms with E-state index in [0.29, 0.717) is 17.2 Å². The molecule has 0 bridgehead atoms. The smallest absolute Gasteiger partial charge is 0.277 e. The van der Waals surface area contributed by atoms with E-state index in [-0.39, 0.29) is 24.1 Å². The Labute approximate surface area is 156 Å². The Morgan fingerprint density at radius 2 is 1.78 bits per heavy atom. The summed E-state index contributed by atoms with van der Waals surface area (Å²) in [5.74, 6) is 0.552. The van der Waals surface area contributed by atoms with Gasteiger partial charge in [-0.05, 0) is 24.3 Å². The third-order valence-corrected chi connectivity index (χ3v) is 3.77. The summed E-state index contributed by atoms with van der Waals surface area (Å²) in [6.07, 6.45) is 0. The first-order valence-corrected chi connectivity index (χ1v) is 8.29. The number of aromatic nitrogens is 1. The van der Waals surface area contributed by atoms with Crippen molar-refractivity contribution in [3.8, 4) is 17.1 Å². The molecule has 2 amide bonds. The van der Waals surface area contributed by atoms with Crippen molar-refractivity contribution >= 4 is 17.5 Å². The van der Waals surface area contributed by atoms with Gasteiger partial charge < -0.3 is 19.5 Å². The quantitative estimate of drug-likeness (QED) is 0.726. The van der Waals surface area contributed by atoms with Crippen LogP contribution in [-0.4, -0.2) is 42.6 Å². The lowest BCUT2D eigenvalue weighted by Gasteiger charge is -2.11. The maximum absolute atomic E-state index is 12.3. The number of carbonyl (C=O) groups is 2. The van der Waals surface area contributed by atoms with Crippen LogP contribution in [0.15, 0.2) is 65.2 Å². The summed E-state index contributed by atoms with van der Waals surface area (Å²) in [7, 11) is 3.33. The molecule has 0 fully saturated rings. The number of rotatable bonds is 6. The second-order valence-electron chi connectivity index (χ2n) is 6.00. The van der Waals surface area contributed by atoms with Crippen molar-refractivity contribution in [1.29, 1.82) is 0 Å². The highest BCUT2D eigenvalue weighted by Gasteiger charge is 2.14. The predicted octanol–water partition coefficient (Wildman–Crippen LogP) is 3.06. The van der Waals surface area contributed by atoms with Crippen molar-refractivity contribution in [2.45, 2.75) is 0 Å². The lowest BCUT2D eigenvalue weighted by molar-refractivity contribution is -0.130. The van der Waals surface area contributed by atoms with Crippen molar-refractivity contribution in [2.75, 3.05) is 26.0 Å². The Hall–Kier alpha value is -3.61. The van der Waals surface area contributed by atoms with Gasteiger partial charge in [-0.1, -0.05) is 35.5 Å². The van der Waals surface area contributed by atoms with Crippen molar-refractivity contribution in [2.24, 2.45) is 0 Å². The second kappa shape index (κ2) is 8.18. The summed E-state index contributed by atoms with van der Waals surface area (Å²) in [6, 6.07) is 17.7. The molecule has 0 unspecified atom stereocenters. The summed E-state index contributed by atoms with van der Waals surface area (Å²) in [5.41, 5.74) is 1.61. The van der Waals surface area contributed by atoms with Crippen LogP contribution in [0.25, 0.3) is 11.3 Å². The molecule has 3 aromatic rings. The third-order valence-electron chi connectivity index (χ3n) is 3.77. The predicted molar refractivity (Wildman–Crippen MR) is 101 cm³/mol. The topological polar surface area (TPSA) is 84.7 Å². The molecule has 0 aliphatic rings. The van der Waals surface area contributed by atoms with E-state index in [4.69, 9.17) is 9.26 Å². The Morgan fingerprint density at radius 1 is 1.07 bits per heavy atom. The lowest BCUT2D eigenvalue weighted by atomic mass is 10.1. The van der Waals surface area contributed by atoms with E-state index in [2.05, 4.69) is 10.5 Å². The van der Waals surface area contributed by atoms with E-state index >= 15 is 0 Å². The van der Waals surface area contributed by atoms with Crippen LogP contribution in [0.3, 0.4) is 0 Å². The molecule has 138 valence electrons. The van der Waals surface area contributed by atoms with Crippen LogP contribution in [-0.2, 0) is 4.79 Å². The number of amides is 2. The fraction of sp³-hybridized carbons (Fsp3) is 0.150. The maximum Gasteiger partial charge on any atom is 0.277 e. The van der Waals surface area contributed by atoms with Crippen LogP contribution in [0.2, 0.25) is 0 Å². The van der Waals surface area contributed by atoms with Gasteiger partial charge in [0.05, 0.1) is 0 Å². The minimum atomic E-state index is -0.377. The number of hydrogen-bond acceptors (Lipinski definition) is 5. The molecule has 1 aromatic heterocycles. The molecule has 0 aliphatic heterocycles. The fourth-order valence-electron chi connectivity index (χ4n) is 2.22. The van der Waals surface area contributed by atoms with Crippen LogP contribution in [0, 0.1) is 0 Å². The standard InChI is InChI=1S/C20H19N3O4/c1-23(2)19(24)13-26-16-10-8-15(9-11-16)21-20(25)17-12-18(27-22-17)14-6-4-3-5-7-14/h3-12H,13H2,1-2H3,(H,21,25). The molecule has 3 rings (SSSR count). The van der Waals surface area contributed by atoms with E-state index in [9.17, 15) is 9.59 Å². The van der Waals surface area contributed by atoms with Gasteiger partial charge in [0.2, 0.25) is 0 Å². The zero-order valence-corrected chi connectivity index (χ0v) is 15.0. The Morgan fingerprint density at radius 3 is 2.44 bits per heavy atom. The van der Waals surface area contributed by atoms with Gasteiger partial charge in [-0.25, -0.2) is 0 Å². The normalized spacial score (nSPS) is 10.3. The van der Waals surface area contributed by atoms with Gasteiger partial charge in [-0.2, -0.15) is 0 Å². The van der Waals surface area contributed by atoms with Crippen LogP contribution in [0.5, 0.6) is 5.75 Å². The first-order valence-electron chi connectivity index (χ1n) is 8.29. The summed E-state index contributed by atoms with van der Waals surface area (Å²) in [6.45, 7) is -0.0418. The Bertz CT molecular complexity index is 918. The third kappa shape index (κ3) is 4.72. The average molecular weight is 365 g/mol. The van der Waals surface area contributed by atoms with Crippen LogP contribution < -0.4 is 10.1 Å². The molecule has 0 saturated heterocycles. The first-order chi connectivity index (χ1) is 13.0. The minimum Gasteiger partial charge on any atom is -0.484 e. The first kappa shape index (κ1) is 18.2. The zero-order chi connectivity index (χ0) is 19.2. The monoisotopic (exact) mass is 365 g/mol. The molecule has 2 aromatic carbocycles. The SMILES string of the molecule is CN(C)C(=O)COc1ccc(NC(=O)c2cc(-c3ccccc3)on2)cc1. The molecule has 0 radical (unpaired) electrons. The summed E-state index contributed by atoms with van der Waals surface area (Å²) in [4.78, 5) is 25.3. The summed E-state index contributed by atoms with van der Waals surface area (Å²) in [5, 5.41) is 6.56. The molecule has 0 aliphatic carbocycles. The van der Waals surface area contributed by atoms with Crippen LogP contribution in [0.4, 0.5) is 5.69 Å². The van der Waals surface area contributed by atoms with E-state index in [1.54, 1.807) is 44.4 Å². The Kier molecular flexibility index (Phi) is 5.51. The number of carbonyl (C=O) groups excluding carboxylic acids is 2. The van der Waals surface area contributed by atoms with Gasteiger partial charge in [0.25, 0.3) is 11.8 Å². The van der Waals surface area contributed by atoms with E-state index in [1.165, 1.54) is 4.90 Å². The molecule has 7 heteroatoms. The number of anilines is 1. The molecular weight excluding hydrogens is 346 g/mol. The van der Waals surface area contributed by atoms with Gasteiger partial charge in [0, 0.05) is 31.4 Å². The minimum absolute atomic E-state index is 0.0418. The molecule has 1 heterocycles. The van der Waals surface area contributed by atoms with E-state index in [0.717, 1.165) is 5.56 Å². The van der Waals surface area contributed by atoms with Gasteiger partial charge in [-0.3, -0.25) is 9.59 Å². The molecule has 0 saturated carbocycles. The number of benzene rings is 2. The largest absolute Gasteiger partial charge is 0.484 e. The maximum atomic E-state index is 12.3. The fourth-order valence-corrected chi connectivity index (χ4v) is 2.22. The van der Waals surface area contributed by atoms with E-state index < -0.39 is 0 Å². The number of nitrogens with one attached hydrogen (secondary N) is 1. The van der Waals surface area contributed by atoms with Crippen molar-refractivity contribution in [1.82, 2.24) is 10.1 Å². The molecule has 0 spiro atoms. The van der Waals surface area contributed by atoms with Crippen molar-refractivity contribution in [3.63, 3.8) is 0 Å². The van der Waals surface area contributed by atoms with Gasteiger partial charge in [0.1, 0.15) is 5.75 Å². The summed E-state index contributed by atoms with van der Waals surface area (Å²) >= 11 is 0. The molecular formula is C20H19N3O4. The number of hydrogen-bond donors (Lipinski definition) is 1. The van der Waals surface area contributed by atoms with Gasteiger partial charge in [0.15, 0.2) is 18.1 Å². The summed E-state index contributed by atoms with van der Waals surface area (Å²) < 4.78 is 10.6. The van der Waals surface area contributed by atoms with Gasteiger partial charge in [-0.15, -0.1) is 0 Å². The molecule has 7 nitrogen and oxygen atoms in total. The highest BCUT2D eigenvalue weighted by molar-refractivity contribution is 6.03. The van der Waals surface area contributed by atoms with Crippen molar-refractivity contribution < 1.29 is 18.8 Å². The molecule has 1 N–H and O–H groups in total. The highest BCUT2D eigenvalue weighted by atomic mass is 16.5. The molecule has 0 atom stereocenters. The molecule has 27 heavy (non-hydrogen) atoms.